The lowest BCUT2D eigenvalue weighted by atomic mass is 10.3. The zero-order chi connectivity index (χ0) is 7.02. The normalized spacial score (nSPS) is 40.4. The monoisotopic (exact) mass is 129 g/mol. The van der Waals surface area contributed by atoms with Crippen LogP contribution < -0.4 is 5.73 Å². The van der Waals surface area contributed by atoms with Gasteiger partial charge in [-0.05, 0) is 18.4 Å². The molecule has 1 aliphatic rings. The summed E-state index contributed by atoms with van der Waals surface area (Å²) in [6, 6.07) is 0. The molecule has 0 aromatic carbocycles. The first-order valence-corrected chi connectivity index (χ1v) is 3.11. The van der Waals surface area contributed by atoms with E-state index in [9.17, 15) is 4.79 Å². The Morgan fingerprint density at radius 1 is 1.78 bits per heavy atom. The summed E-state index contributed by atoms with van der Waals surface area (Å²) in [5.41, 5.74) is 5.29. The minimum Gasteiger partial charge on any atom is -0.481 e. The third-order valence-electron chi connectivity index (χ3n) is 2.12. The van der Waals surface area contributed by atoms with E-state index in [2.05, 4.69) is 0 Å². The fourth-order valence-corrected chi connectivity index (χ4v) is 1.31. The van der Waals surface area contributed by atoms with Crippen molar-refractivity contribution in [3.63, 3.8) is 0 Å². The van der Waals surface area contributed by atoms with Gasteiger partial charge in [-0.2, -0.15) is 0 Å². The van der Waals surface area contributed by atoms with E-state index in [1.54, 1.807) is 0 Å². The average Bonchev–Trinajstić information content (AvgIpc) is 2.40. The topological polar surface area (TPSA) is 63.3 Å². The van der Waals surface area contributed by atoms with Crippen molar-refractivity contribution in [1.82, 2.24) is 0 Å². The summed E-state index contributed by atoms with van der Waals surface area (Å²) in [4.78, 5) is 10.3. The largest absolute Gasteiger partial charge is 0.481 e. The fraction of sp³-hybridized carbons (Fsp3) is 0.833. The summed E-state index contributed by atoms with van der Waals surface area (Å²) in [6.45, 7) is 2.44. The van der Waals surface area contributed by atoms with Gasteiger partial charge in [0.05, 0.1) is 5.92 Å². The predicted octanol–water partition coefficient (Wildman–Crippen LogP) is -0.0882. The Hall–Kier alpha value is -0.570. The van der Waals surface area contributed by atoms with Crippen LogP contribution in [0, 0.1) is 17.8 Å². The number of hydrogen-bond acceptors (Lipinski definition) is 2. The van der Waals surface area contributed by atoms with Gasteiger partial charge in [-0.25, -0.2) is 0 Å². The minimum atomic E-state index is -0.696. The van der Waals surface area contributed by atoms with E-state index < -0.39 is 5.97 Å². The Balaban J connectivity index is 2.42. The van der Waals surface area contributed by atoms with Crippen molar-refractivity contribution >= 4 is 5.97 Å². The molecule has 0 aliphatic heterocycles. The summed E-state index contributed by atoms with van der Waals surface area (Å²) in [6.07, 6.45) is 0. The van der Waals surface area contributed by atoms with E-state index in [4.69, 9.17) is 10.8 Å². The first-order chi connectivity index (χ1) is 4.18. The highest BCUT2D eigenvalue weighted by molar-refractivity contribution is 5.74. The molecule has 52 valence electrons. The molecular weight excluding hydrogens is 118 g/mol. The van der Waals surface area contributed by atoms with Crippen molar-refractivity contribution in [3.05, 3.63) is 0 Å². The van der Waals surface area contributed by atoms with Crippen LogP contribution in [0.4, 0.5) is 0 Å². The molecule has 1 aliphatic carbocycles. The van der Waals surface area contributed by atoms with Crippen LogP contribution in [0.2, 0.25) is 0 Å². The molecule has 1 rings (SSSR count). The number of carboxylic acids is 1. The summed E-state index contributed by atoms with van der Waals surface area (Å²) >= 11 is 0. The van der Waals surface area contributed by atoms with Gasteiger partial charge in [0.1, 0.15) is 0 Å². The quantitative estimate of drug-likeness (QED) is 0.547. The number of nitrogens with two attached hydrogens (primary N) is 1. The third kappa shape index (κ3) is 0.920. The van der Waals surface area contributed by atoms with Crippen LogP contribution in [0.15, 0.2) is 0 Å². The van der Waals surface area contributed by atoms with Crippen LogP contribution in [-0.4, -0.2) is 17.6 Å². The molecule has 3 nitrogen and oxygen atoms in total. The second kappa shape index (κ2) is 1.99. The van der Waals surface area contributed by atoms with E-state index in [1.807, 2.05) is 6.92 Å². The lowest BCUT2D eigenvalue weighted by Crippen LogP contribution is -2.07. The van der Waals surface area contributed by atoms with Crippen molar-refractivity contribution in [2.45, 2.75) is 6.92 Å². The van der Waals surface area contributed by atoms with Crippen molar-refractivity contribution in [2.24, 2.45) is 23.5 Å². The Kier molecular flexibility index (Phi) is 1.45. The zero-order valence-corrected chi connectivity index (χ0v) is 5.37. The van der Waals surface area contributed by atoms with Gasteiger partial charge in [0.15, 0.2) is 0 Å². The van der Waals surface area contributed by atoms with Crippen LogP contribution in [-0.2, 0) is 4.79 Å². The minimum absolute atomic E-state index is 0.157. The van der Waals surface area contributed by atoms with Crippen molar-refractivity contribution in [1.29, 1.82) is 0 Å². The van der Waals surface area contributed by atoms with Gasteiger partial charge < -0.3 is 10.8 Å². The third-order valence-corrected chi connectivity index (χ3v) is 2.12. The maximum absolute atomic E-state index is 10.3. The molecule has 0 aromatic rings. The molecule has 0 bridgehead atoms. The van der Waals surface area contributed by atoms with E-state index in [0.717, 1.165) is 0 Å². The SMILES string of the molecule is CC1C(CN)C1C(=O)O. The lowest BCUT2D eigenvalue weighted by Gasteiger charge is -1.85. The van der Waals surface area contributed by atoms with Gasteiger partial charge in [0.2, 0.25) is 0 Å². The lowest BCUT2D eigenvalue weighted by molar-refractivity contribution is -0.139. The van der Waals surface area contributed by atoms with Gasteiger partial charge in [-0.1, -0.05) is 6.92 Å². The van der Waals surface area contributed by atoms with E-state index in [-0.39, 0.29) is 11.8 Å². The Labute approximate surface area is 53.9 Å². The molecule has 9 heavy (non-hydrogen) atoms. The number of aliphatic carboxylic acids is 1. The molecule has 3 unspecified atom stereocenters. The smallest absolute Gasteiger partial charge is 0.307 e. The molecule has 0 spiro atoms. The van der Waals surface area contributed by atoms with Crippen LogP contribution >= 0.6 is 0 Å². The maximum Gasteiger partial charge on any atom is 0.307 e. The molecule has 0 heterocycles. The Morgan fingerprint density at radius 2 is 2.33 bits per heavy atom. The van der Waals surface area contributed by atoms with E-state index in [0.29, 0.717) is 12.5 Å². The number of carbonyl (C=O) groups is 1. The average molecular weight is 129 g/mol. The maximum atomic E-state index is 10.3. The van der Waals surface area contributed by atoms with Gasteiger partial charge in [0.25, 0.3) is 0 Å². The van der Waals surface area contributed by atoms with Crippen LogP contribution in [0.25, 0.3) is 0 Å². The summed E-state index contributed by atoms with van der Waals surface area (Å²) in [5.74, 6) is -0.317. The van der Waals surface area contributed by atoms with Gasteiger partial charge in [-0.3, -0.25) is 4.79 Å². The Morgan fingerprint density at radius 3 is 2.44 bits per heavy atom. The summed E-state index contributed by atoms with van der Waals surface area (Å²) < 4.78 is 0. The molecule has 3 atom stereocenters. The molecule has 1 saturated carbocycles. The summed E-state index contributed by atoms with van der Waals surface area (Å²) in [7, 11) is 0. The highest BCUT2D eigenvalue weighted by Gasteiger charge is 2.50. The molecular formula is C6H11NO2. The van der Waals surface area contributed by atoms with Crippen molar-refractivity contribution in [2.75, 3.05) is 6.54 Å². The molecule has 0 saturated heterocycles. The number of rotatable bonds is 2. The van der Waals surface area contributed by atoms with Gasteiger partial charge >= 0.3 is 5.97 Å². The molecule has 0 radical (unpaired) electrons. The first kappa shape index (κ1) is 6.55. The number of hydrogen-bond donors (Lipinski definition) is 2. The van der Waals surface area contributed by atoms with Crippen molar-refractivity contribution < 1.29 is 9.90 Å². The standard InChI is InChI=1S/C6H11NO2/c1-3-4(2-7)5(3)6(8)9/h3-5H,2,7H2,1H3,(H,8,9). The van der Waals surface area contributed by atoms with Crippen LogP contribution in [0.1, 0.15) is 6.92 Å². The molecule has 3 heteroatoms. The highest BCUT2D eigenvalue weighted by Crippen LogP contribution is 2.44. The summed E-state index contributed by atoms with van der Waals surface area (Å²) in [5, 5.41) is 8.47. The van der Waals surface area contributed by atoms with Crippen LogP contribution in [0.5, 0.6) is 0 Å². The Bertz CT molecular complexity index is 135. The number of carboxylic acid groups (broad SMARTS) is 1. The highest BCUT2D eigenvalue weighted by atomic mass is 16.4. The molecule has 0 aromatic heterocycles. The molecule has 0 amide bonds. The molecule has 1 fully saturated rings. The van der Waals surface area contributed by atoms with E-state index in [1.165, 1.54) is 0 Å². The molecule has 3 N–H and O–H groups in total. The predicted molar refractivity (Wildman–Crippen MR) is 32.8 cm³/mol. The first-order valence-electron chi connectivity index (χ1n) is 3.11. The van der Waals surface area contributed by atoms with Gasteiger partial charge in [-0.15, -0.1) is 0 Å². The van der Waals surface area contributed by atoms with Crippen molar-refractivity contribution in [3.8, 4) is 0 Å². The second-order valence-electron chi connectivity index (χ2n) is 2.62. The second-order valence-corrected chi connectivity index (χ2v) is 2.62. The zero-order valence-electron chi connectivity index (χ0n) is 5.37. The fourth-order valence-electron chi connectivity index (χ4n) is 1.31. The van der Waals surface area contributed by atoms with Gasteiger partial charge in [0, 0.05) is 0 Å². The van der Waals surface area contributed by atoms with E-state index >= 15 is 0 Å². The van der Waals surface area contributed by atoms with Crippen LogP contribution in [0.3, 0.4) is 0 Å².